The van der Waals surface area contributed by atoms with Crippen molar-refractivity contribution in [2.45, 2.75) is 20.8 Å². The van der Waals surface area contributed by atoms with Crippen LogP contribution in [0.1, 0.15) is 41.5 Å². The molecule has 0 aliphatic rings. The molecule has 0 bridgehead atoms. The Morgan fingerprint density at radius 2 is 1.68 bits per heavy atom. The summed E-state index contributed by atoms with van der Waals surface area (Å²) in [5.74, 6) is 0.416. The number of rotatable bonds is 8. The molecule has 2 aromatic rings. The van der Waals surface area contributed by atoms with Gasteiger partial charge in [-0.05, 0) is 57.2 Å². The number of ether oxygens (including phenoxy) is 2. The Morgan fingerprint density at radius 1 is 1.04 bits per heavy atom. The van der Waals surface area contributed by atoms with Gasteiger partial charge in [0.15, 0.2) is 11.5 Å². The van der Waals surface area contributed by atoms with Crippen LogP contribution < -0.4 is 14.8 Å². The van der Waals surface area contributed by atoms with Gasteiger partial charge >= 0.3 is 0 Å². The summed E-state index contributed by atoms with van der Waals surface area (Å²) in [6.45, 7) is 7.44. The molecule has 0 unspecified atom stereocenters. The van der Waals surface area contributed by atoms with E-state index in [1.54, 1.807) is 35.2 Å². The highest BCUT2D eigenvalue weighted by atomic mass is 35.5. The number of anilines is 1. The summed E-state index contributed by atoms with van der Waals surface area (Å²) in [5.41, 5.74) is 1.49. The Morgan fingerprint density at radius 3 is 2.21 bits per heavy atom. The summed E-state index contributed by atoms with van der Waals surface area (Å²) in [6, 6.07) is 9.89. The van der Waals surface area contributed by atoms with Gasteiger partial charge in [0, 0.05) is 29.9 Å². The first-order valence-corrected chi connectivity index (χ1v) is 9.53. The topological polar surface area (TPSA) is 67.9 Å². The first-order valence-electron chi connectivity index (χ1n) is 9.16. The lowest BCUT2D eigenvalue weighted by molar-refractivity contribution is 0.0773. The molecule has 0 aliphatic heterocycles. The van der Waals surface area contributed by atoms with Crippen molar-refractivity contribution < 1.29 is 19.1 Å². The van der Waals surface area contributed by atoms with E-state index in [0.29, 0.717) is 53.0 Å². The van der Waals surface area contributed by atoms with Gasteiger partial charge in [-0.25, -0.2) is 0 Å². The molecule has 0 aromatic heterocycles. The van der Waals surface area contributed by atoms with E-state index in [9.17, 15) is 9.59 Å². The molecule has 1 N–H and O–H groups in total. The van der Waals surface area contributed by atoms with Crippen molar-refractivity contribution in [3.8, 4) is 11.5 Å². The predicted octanol–water partition coefficient (Wildman–Crippen LogP) is 4.48. The van der Waals surface area contributed by atoms with Crippen molar-refractivity contribution in [2.75, 3.05) is 32.1 Å². The van der Waals surface area contributed by atoms with Gasteiger partial charge in [0.25, 0.3) is 11.8 Å². The molecule has 0 atom stereocenters. The van der Waals surface area contributed by atoms with Gasteiger partial charge in [-0.15, -0.1) is 0 Å². The summed E-state index contributed by atoms with van der Waals surface area (Å²) < 4.78 is 10.7. The minimum atomic E-state index is -0.342. The third-order valence-corrected chi connectivity index (χ3v) is 4.50. The number of halogens is 1. The monoisotopic (exact) mass is 404 g/mol. The van der Waals surface area contributed by atoms with Gasteiger partial charge in [0.1, 0.15) is 0 Å². The molecule has 0 aliphatic carbocycles. The summed E-state index contributed by atoms with van der Waals surface area (Å²) >= 11 is 6.22. The Bertz CT molecular complexity index is 833. The molecule has 0 fully saturated rings. The van der Waals surface area contributed by atoms with E-state index in [1.165, 1.54) is 13.2 Å². The molecule has 150 valence electrons. The fraction of sp³-hybridized carbons (Fsp3) is 0.333. The molecule has 2 aromatic carbocycles. The van der Waals surface area contributed by atoms with Gasteiger partial charge in [-0.1, -0.05) is 11.6 Å². The number of hydrogen-bond acceptors (Lipinski definition) is 4. The maximum atomic E-state index is 12.6. The van der Waals surface area contributed by atoms with Crippen molar-refractivity contribution >= 4 is 29.1 Å². The van der Waals surface area contributed by atoms with Crippen molar-refractivity contribution in [1.29, 1.82) is 0 Å². The zero-order chi connectivity index (χ0) is 20.7. The lowest BCUT2D eigenvalue weighted by Crippen LogP contribution is -2.30. The van der Waals surface area contributed by atoms with Crippen LogP contribution in [0.5, 0.6) is 11.5 Å². The molecule has 2 amide bonds. The first-order chi connectivity index (χ1) is 13.4. The number of nitrogens with one attached hydrogen (secondary N) is 1. The normalized spacial score (nSPS) is 10.3. The van der Waals surface area contributed by atoms with E-state index in [-0.39, 0.29) is 11.8 Å². The van der Waals surface area contributed by atoms with Gasteiger partial charge in [0.2, 0.25) is 0 Å². The predicted molar refractivity (Wildman–Crippen MR) is 111 cm³/mol. The van der Waals surface area contributed by atoms with Crippen LogP contribution in [0.4, 0.5) is 5.69 Å². The number of carbonyl (C=O) groups is 2. The van der Waals surface area contributed by atoms with Crippen molar-refractivity contribution in [1.82, 2.24) is 4.90 Å². The highest BCUT2D eigenvalue weighted by molar-refractivity contribution is 6.32. The summed E-state index contributed by atoms with van der Waals surface area (Å²) in [5, 5.41) is 3.09. The molecule has 0 heterocycles. The number of hydrogen-bond donors (Lipinski definition) is 1. The average molecular weight is 405 g/mol. The largest absolute Gasteiger partial charge is 0.493 e. The van der Waals surface area contributed by atoms with E-state index >= 15 is 0 Å². The summed E-state index contributed by atoms with van der Waals surface area (Å²) in [7, 11) is 1.49. The number of nitrogens with zero attached hydrogens (tertiary/aromatic N) is 1. The molecule has 0 saturated carbocycles. The smallest absolute Gasteiger partial charge is 0.255 e. The lowest BCUT2D eigenvalue weighted by atomic mass is 10.1. The molecule has 28 heavy (non-hydrogen) atoms. The quantitative estimate of drug-likeness (QED) is 0.704. The minimum Gasteiger partial charge on any atom is -0.493 e. The molecule has 2 rings (SSSR count). The Kier molecular flexibility index (Phi) is 7.70. The van der Waals surface area contributed by atoms with Gasteiger partial charge < -0.3 is 19.7 Å². The van der Waals surface area contributed by atoms with Crippen LogP contribution in [0.25, 0.3) is 0 Å². The van der Waals surface area contributed by atoms with Gasteiger partial charge in [-0.3, -0.25) is 9.59 Å². The Labute approximate surface area is 170 Å². The van der Waals surface area contributed by atoms with Crippen LogP contribution >= 0.6 is 11.6 Å². The third kappa shape index (κ3) is 4.95. The standard InChI is InChI=1S/C21H25ClN2O4/c1-5-24(6-2)21(26)14-8-10-16(11-9-14)23-20(25)15-12-17(22)19(28-7-3)18(13-15)27-4/h8-13H,5-7H2,1-4H3,(H,23,25). The van der Waals surface area contributed by atoms with Crippen molar-refractivity contribution in [3.05, 3.63) is 52.5 Å². The average Bonchev–Trinajstić information content (AvgIpc) is 2.70. The number of benzene rings is 2. The Hall–Kier alpha value is -2.73. The molecular formula is C21H25ClN2O4. The lowest BCUT2D eigenvalue weighted by Gasteiger charge is -2.18. The third-order valence-electron chi connectivity index (χ3n) is 4.22. The minimum absolute atomic E-state index is 0.0362. The number of amides is 2. The van der Waals surface area contributed by atoms with E-state index in [2.05, 4.69) is 5.32 Å². The van der Waals surface area contributed by atoms with Crippen LogP contribution in [0.15, 0.2) is 36.4 Å². The fourth-order valence-electron chi connectivity index (χ4n) is 2.73. The van der Waals surface area contributed by atoms with Crippen LogP contribution in [-0.2, 0) is 0 Å². The van der Waals surface area contributed by atoms with Crippen LogP contribution in [0.2, 0.25) is 5.02 Å². The second kappa shape index (κ2) is 9.99. The molecule has 7 heteroatoms. The van der Waals surface area contributed by atoms with Crippen LogP contribution in [0.3, 0.4) is 0 Å². The molecule has 6 nitrogen and oxygen atoms in total. The van der Waals surface area contributed by atoms with E-state index in [1.807, 2.05) is 20.8 Å². The van der Waals surface area contributed by atoms with Gasteiger partial charge in [0.05, 0.1) is 18.7 Å². The Balaban J connectivity index is 2.17. The van der Waals surface area contributed by atoms with Gasteiger partial charge in [-0.2, -0.15) is 0 Å². The molecular weight excluding hydrogens is 380 g/mol. The number of methoxy groups -OCH3 is 1. The maximum Gasteiger partial charge on any atom is 0.255 e. The fourth-order valence-corrected chi connectivity index (χ4v) is 2.99. The summed E-state index contributed by atoms with van der Waals surface area (Å²) in [4.78, 5) is 26.7. The first kappa shape index (κ1) is 21.6. The molecule has 0 radical (unpaired) electrons. The highest BCUT2D eigenvalue weighted by Gasteiger charge is 2.16. The van der Waals surface area contributed by atoms with Crippen LogP contribution in [0, 0.1) is 0 Å². The van der Waals surface area contributed by atoms with E-state index in [0.717, 1.165) is 0 Å². The highest BCUT2D eigenvalue weighted by Crippen LogP contribution is 2.36. The maximum absolute atomic E-state index is 12.6. The second-order valence-electron chi connectivity index (χ2n) is 5.93. The number of carbonyl (C=O) groups excluding carboxylic acids is 2. The van der Waals surface area contributed by atoms with Crippen molar-refractivity contribution in [3.63, 3.8) is 0 Å². The zero-order valence-electron chi connectivity index (χ0n) is 16.5. The van der Waals surface area contributed by atoms with Crippen molar-refractivity contribution in [2.24, 2.45) is 0 Å². The second-order valence-corrected chi connectivity index (χ2v) is 6.34. The van der Waals surface area contributed by atoms with E-state index < -0.39 is 0 Å². The molecule has 0 spiro atoms. The zero-order valence-corrected chi connectivity index (χ0v) is 17.3. The summed E-state index contributed by atoms with van der Waals surface area (Å²) in [6.07, 6.45) is 0. The molecule has 0 saturated heterocycles. The SMILES string of the molecule is CCOc1c(Cl)cc(C(=O)Nc2ccc(C(=O)N(CC)CC)cc2)cc1OC. The van der Waals surface area contributed by atoms with E-state index in [4.69, 9.17) is 21.1 Å². The van der Waals surface area contributed by atoms with Crippen LogP contribution in [-0.4, -0.2) is 43.5 Å².